The van der Waals surface area contributed by atoms with Crippen molar-refractivity contribution in [3.8, 4) is 5.69 Å². The number of para-hydroxylation sites is 2. The SMILES string of the molecule is C=C(C)/C(Cl)=C\C(C)=C/C.CS(=O)(=O)N1c2ccccc2-n2ccnc2C1CC(=O)NCCc1ccncc1. The van der Waals surface area contributed by atoms with Gasteiger partial charge in [0.2, 0.25) is 15.9 Å². The first-order chi connectivity index (χ1) is 18.5. The fourth-order valence-electron chi connectivity index (χ4n) is 4.03. The summed E-state index contributed by atoms with van der Waals surface area (Å²) in [5.41, 5.74) is 4.39. The number of carbonyl (C=O) groups is 1. The van der Waals surface area contributed by atoms with Crippen molar-refractivity contribution in [3.63, 3.8) is 0 Å². The molecule has 0 radical (unpaired) electrons. The molecule has 1 aliphatic heterocycles. The molecule has 8 nitrogen and oxygen atoms in total. The van der Waals surface area contributed by atoms with Gasteiger partial charge in [-0.25, -0.2) is 13.4 Å². The van der Waals surface area contributed by atoms with Crippen molar-refractivity contribution in [1.82, 2.24) is 19.9 Å². The predicted octanol–water partition coefficient (Wildman–Crippen LogP) is 5.49. The van der Waals surface area contributed by atoms with Gasteiger partial charge in [-0.1, -0.05) is 42.0 Å². The Labute approximate surface area is 235 Å². The molecule has 3 aromatic rings. The molecule has 1 aromatic carbocycles. The molecule has 206 valence electrons. The lowest BCUT2D eigenvalue weighted by molar-refractivity contribution is -0.121. The van der Waals surface area contributed by atoms with Gasteiger partial charge in [0.25, 0.3) is 0 Å². The van der Waals surface area contributed by atoms with E-state index in [1.165, 1.54) is 4.31 Å². The Morgan fingerprint density at radius 1 is 1.13 bits per heavy atom. The zero-order valence-electron chi connectivity index (χ0n) is 22.6. The molecule has 3 heterocycles. The summed E-state index contributed by atoms with van der Waals surface area (Å²) < 4.78 is 28.4. The Morgan fingerprint density at radius 3 is 2.41 bits per heavy atom. The van der Waals surface area contributed by atoms with Crippen LogP contribution in [0.4, 0.5) is 5.69 Å². The van der Waals surface area contributed by atoms with Crippen LogP contribution in [0.1, 0.15) is 44.6 Å². The second-order valence-corrected chi connectivity index (χ2v) is 11.5. The number of allylic oxidation sites excluding steroid dienone is 5. The number of rotatable bonds is 8. The third kappa shape index (κ3) is 7.91. The zero-order valence-corrected chi connectivity index (χ0v) is 24.2. The van der Waals surface area contributed by atoms with Crippen LogP contribution >= 0.6 is 11.6 Å². The summed E-state index contributed by atoms with van der Waals surface area (Å²) in [6.07, 6.45) is 12.5. The number of nitrogens with one attached hydrogen (secondary N) is 1. The number of anilines is 1. The van der Waals surface area contributed by atoms with Crippen molar-refractivity contribution < 1.29 is 13.2 Å². The summed E-state index contributed by atoms with van der Waals surface area (Å²) >= 11 is 5.81. The van der Waals surface area contributed by atoms with Crippen LogP contribution in [0.5, 0.6) is 0 Å². The molecule has 0 saturated heterocycles. The van der Waals surface area contributed by atoms with Crippen LogP contribution in [-0.4, -0.2) is 41.7 Å². The van der Waals surface area contributed by atoms with E-state index in [1.807, 2.05) is 61.8 Å². The summed E-state index contributed by atoms with van der Waals surface area (Å²) in [6, 6.07) is 10.3. The van der Waals surface area contributed by atoms with Crippen molar-refractivity contribution >= 4 is 33.2 Å². The number of fused-ring (bicyclic) bond motifs is 3. The van der Waals surface area contributed by atoms with E-state index in [9.17, 15) is 13.2 Å². The molecule has 0 spiro atoms. The highest BCUT2D eigenvalue weighted by Crippen LogP contribution is 2.40. The molecule has 1 aliphatic rings. The fraction of sp³-hybridized carbons (Fsp3) is 0.276. The van der Waals surface area contributed by atoms with Gasteiger partial charge < -0.3 is 5.32 Å². The smallest absolute Gasteiger partial charge is 0.233 e. The van der Waals surface area contributed by atoms with Crippen molar-refractivity contribution in [1.29, 1.82) is 0 Å². The first kappa shape index (κ1) is 29.9. The Balaban J connectivity index is 0.000000360. The average Bonchev–Trinajstić information content (AvgIpc) is 3.39. The van der Waals surface area contributed by atoms with Crippen LogP contribution in [-0.2, 0) is 21.2 Å². The molecule has 0 saturated carbocycles. The lowest BCUT2D eigenvalue weighted by Gasteiger charge is -2.36. The Bertz CT molecular complexity index is 1480. The molecule has 4 rings (SSSR count). The lowest BCUT2D eigenvalue weighted by Crippen LogP contribution is -2.41. The van der Waals surface area contributed by atoms with Crippen LogP contribution in [0.25, 0.3) is 5.69 Å². The number of imidazole rings is 1. The summed E-state index contributed by atoms with van der Waals surface area (Å²) in [4.78, 5) is 21.0. The number of aromatic nitrogens is 3. The van der Waals surface area contributed by atoms with E-state index in [1.54, 1.807) is 36.9 Å². The van der Waals surface area contributed by atoms with Gasteiger partial charge in [-0.2, -0.15) is 0 Å². The number of nitrogens with zero attached hydrogens (tertiary/aromatic N) is 4. The zero-order chi connectivity index (χ0) is 28.6. The minimum absolute atomic E-state index is 0.0191. The molecule has 39 heavy (non-hydrogen) atoms. The lowest BCUT2D eigenvalue weighted by atomic mass is 10.1. The van der Waals surface area contributed by atoms with Crippen LogP contribution in [0.2, 0.25) is 0 Å². The van der Waals surface area contributed by atoms with Crippen molar-refractivity contribution in [2.75, 3.05) is 17.1 Å². The number of halogens is 1. The van der Waals surface area contributed by atoms with Gasteiger partial charge in [-0.3, -0.25) is 18.7 Å². The molecule has 0 aliphatic carbocycles. The van der Waals surface area contributed by atoms with Crippen LogP contribution < -0.4 is 9.62 Å². The van der Waals surface area contributed by atoms with Gasteiger partial charge in [0.05, 0.1) is 24.1 Å². The first-order valence-corrected chi connectivity index (χ1v) is 14.7. The van der Waals surface area contributed by atoms with E-state index in [2.05, 4.69) is 21.9 Å². The molecular weight excluding hydrogens is 534 g/mol. The monoisotopic (exact) mass is 567 g/mol. The summed E-state index contributed by atoms with van der Waals surface area (Å²) in [7, 11) is -3.63. The Morgan fingerprint density at radius 2 is 1.79 bits per heavy atom. The van der Waals surface area contributed by atoms with E-state index in [4.69, 9.17) is 11.6 Å². The van der Waals surface area contributed by atoms with Gasteiger partial charge >= 0.3 is 0 Å². The van der Waals surface area contributed by atoms with Gasteiger partial charge in [0, 0.05) is 36.4 Å². The van der Waals surface area contributed by atoms with Gasteiger partial charge in [0.1, 0.15) is 11.9 Å². The molecule has 2 aromatic heterocycles. The first-order valence-electron chi connectivity index (χ1n) is 12.5. The van der Waals surface area contributed by atoms with Gasteiger partial charge in [-0.05, 0) is 68.7 Å². The highest BCUT2D eigenvalue weighted by atomic mass is 35.5. The molecule has 1 unspecified atom stereocenters. The maximum Gasteiger partial charge on any atom is 0.233 e. The van der Waals surface area contributed by atoms with Crippen molar-refractivity contribution in [3.05, 3.63) is 107 Å². The standard InChI is InChI=1S/C20H21N5O3S.C9H13Cl/c1-29(27,28)25-17-5-3-2-4-16(17)24-13-12-23-20(24)18(25)14-19(26)22-11-8-15-6-9-21-10-7-15;1-5-8(4)6-9(10)7(2)3/h2-7,9-10,12-13,18H,8,11,14H2,1H3,(H,22,26);5-6H,2H2,1,3-4H3/b;8-5-,9-6+. The second kappa shape index (κ2) is 13.4. The largest absolute Gasteiger partial charge is 0.356 e. The van der Waals surface area contributed by atoms with Crippen LogP contribution in [0.3, 0.4) is 0 Å². The minimum Gasteiger partial charge on any atom is -0.356 e. The molecule has 0 fully saturated rings. The van der Waals surface area contributed by atoms with Crippen LogP contribution in [0, 0.1) is 0 Å². The molecule has 1 N–H and O–H groups in total. The number of hydrogen-bond donors (Lipinski definition) is 1. The van der Waals surface area contributed by atoms with E-state index < -0.39 is 16.1 Å². The maximum atomic E-state index is 12.6. The van der Waals surface area contributed by atoms with Crippen molar-refractivity contribution in [2.45, 2.75) is 39.7 Å². The number of pyridine rings is 1. The number of amides is 1. The summed E-state index contributed by atoms with van der Waals surface area (Å²) in [5.74, 6) is 0.296. The summed E-state index contributed by atoms with van der Waals surface area (Å²) in [6.45, 7) is 10.0. The third-order valence-electron chi connectivity index (χ3n) is 6.07. The fourth-order valence-corrected chi connectivity index (χ4v) is 5.34. The van der Waals surface area contributed by atoms with Gasteiger partial charge in [-0.15, -0.1) is 0 Å². The number of benzene rings is 1. The van der Waals surface area contributed by atoms with E-state index in [0.29, 0.717) is 24.5 Å². The summed E-state index contributed by atoms with van der Waals surface area (Å²) in [5, 5.41) is 3.61. The molecule has 1 atom stereocenters. The normalized spacial score (nSPS) is 15.0. The Kier molecular flexibility index (Phi) is 10.3. The topological polar surface area (TPSA) is 97.2 Å². The number of carbonyl (C=O) groups excluding carboxylic acids is 1. The third-order valence-corrected chi connectivity index (χ3v) is 7.67. The molecule has 1 amide bonds. The van der Waals surface area contributed by atoms with Crippen molar-refractivity contribution in [2.24, 2.45) is 0 Å². The average molecular weight is 568 g/mol. The minimum atomic E-state index is -3.63. The van der Waals surface area contributed by atoms with E-state index >= 15 is 0 Å². The highest BCUT2D eigenvalue weighted by molar-refractivity contribution is 7.92. The van der Waals surface area contributed by atoms with E-state index in [0.717, 1.165) is 33.7 Å². The highest BCUT2D eigenvalue weighted by Gasteiger charge is 2.38. The molecule has 10 heteroatoms. The second-order valence-electron chi connectivity index (χ2n) is 9.18. The van der Waals surface area contributed by atoms with E-state index in [-0.39, 0.29) is 12.3 Å². The predicted molar refractivity (Wildman–Crippen MR) is 157 cm³/mol. The molecular formula is C29H34ClN5O3S. The Hall–Kier alpha value is -3.69. The number of hydrogen-bond acceptors (Lipinski definition) is 5. The quantitative estimate of drug-likeness (QED) is 0.363. The van der Waals surface area contributed by atoms with Crippen LogP contribution in [0.15, 0.2) is 96.1 Å². The van der Waals surface area contributed by atoms with Gasteiger partial charge in [0.15, 0.2) is 0 Å². The number of sulfonamides is 1. The maximum absolute atomic E-state index is 12.6. The molecule has 0 bridgehead atoms.